The van der Waals surface area contributed by atoms with Gasteiger partial charge in [0.2, 0.25) is 0 Å². The first-order chi connectivity index (χ1) is 16.2. The molecule has 5 nitrogen and oxygen atoms in total. The van der Waals surface area contributed by atoms with Crippen molar-refractivity contribution < 1.29 is 4.79 Å². The third-order valence-electron chi connectivity index (χ3n) is 5.44. The number of para-hydroxylation sites is 1. The minimum atomic E-state index is -0.448. The van der Waals surface area contributed by atoms with E-state index in [9.17, 15) is 10.1 Å². The molecule has 1 amide bonds. The van der Waals surface area contributed by atoms with Gasteiger partial charge in [0.1, 0.15) is 11.6 Å². The molecule has 1 heterocycles. The predicted molar refractivity (Wildman–Crippen MR) is 135 cm³/mol. The average Bonchev–Trinajstić information content (AvgIpc) is 2.87. The summed E-state index contributed by atoms with van der Waals surface area (Å²) >= 11 is 1.56. The summed E-state index contributed by atoms with van der Waals surface area (Å²) in [5, 5.41) is 15.5. The Hall–Kier alpha value is -3.69. The normalized spacial score (nSPS) is 13.8. The Balaban J connectivity index is 1.41. The average molecular weight is 455 g/mol. The summed E-state index contributed by atoms with van der Waals surface area (Å²) in [5.74, 6) is -0.448. The van der Waals surface area contributed by atoms with Gasteiger partial charge in [-0.05, 0) is 67.8 Å². The van der Waals surface area contributed by atoms with Gasteiger partial charge in [-0.2, -0.15) is 5.26 Å². The number of carbonyl (C=O) groups is 1. The van der Waals surface area contributed by atoms with E-state index in [1.54, 1.807) is 11.8 Å². The fraction of sp³-hybridized carbons (Fsp3) is 0.185. The van der Waals surface area contributed by atoms with Gasteiger partial charge in [-0.3, -0.25) is 4.79 Å². The van der Waals surface area contributed by atoms with Gasteiger partial charge in [-0.15, -0.1) is 0 Å². The van der Waals surface area contributed by atoms with Gasteiger partial charge in [-0.25, -0.2) is 0 Å². The molecule has 4 rings (SSSR count). The standard InChI is InChI=1S/C27H26N4OS/c28-19-21(20-29-22-13-15-23(16-14-22)31-17-7-2-8-18-31)27(32)30-25-11-5-6-12-26(25)33-24-9-3-1-4-10-24/h1,3-6,9-16,20,29H,2,7-8,17-18H2,(H,30,32)/b21-20-. The molecule has 0 atom stereocenters. The van der Waals surface area contributed by atoms with E-state index in [1.165, 1.54) is 31.1 Å². The van der Waals surface area contributed by atoms with Gasteiger partial charge in [0, 0.05) is 40.5 Å². The molecule has 0 saturated carbocycles. The summed E-state index contributed by atoms with van der Waals surface area (Å²) in [4.78, 5) is 17.2. The first-order valence-corrected chi connectivity index (χ1v) is 11.9. The molecular formula is C27H26N4OS. The fourth-order valence-corrected chi connectivity index (χ4v) is 4.61. The van der Waals surface area contributed by atoms with Crippen LogP contribution in [0.5, 0.6) is 0 Å². The summed E-state index contributed by atoms with van der Waals surface area (Å²) in [6, 6.07) is 27.6. The molecule has 3 aromatic rings. The third kappa shape index (κ3) is 6.18. The van der Waals surface area contributed by atoms with Crippen molar-refractivity contribution in [3.63, 3.8) is 0 Å². The Morgan fingerprint density at radius 1 is 0.909 bits per heavy atom. The van der Waals surface area contributed by atoms with E-state index in [2.05, 4.69) is 27.7 Å². The molecule has 3 aromatic carbocycles. The van der Waals surface area contributed by atoms with Crippen LogP contribution in [0.4, 0.5) is 17.1 Å². The Labute approximate surface area is 199 Å². The zero-order valence-corrected chi connectivity index (χ0v) is 19.1. The Kier molecular flexibility index (Phi) is 7.68. The van der Waals surface area contributed by atoms with Crippen LogP contribution in [0.3, 0.4) is 0 Å². The van der Waals surface area contributed by atoms with Crippen LogP contribution in [0.25, 0.3) is 0 Å². The van der Waals surface area contributed by atoms with Crippen molar-refractivity contribution in [2.75, 3.05) is 28.6 Å². The van der Waals surface area contributed by atoms with Crippen LogP contribution in [0.1, 0.15) is 19.3 Å². The lowest BCUT2D eigenvalue weighted by Gasteiger charge is -2.28. The third-order valence-corrected chi connectivity index (χ3v) is 6.53. The second-order valence-corrected chi connectivity index (χ2v) is 8.89. The smallest absolute Gasteiger partial charge is 0.267 e. The van der Waals surface area contributed by atoms with Crippen LogP contribution < -0.4 is 15.5 Å². The summed E-state index contributed by atoms with van der Waals surface area (Å²) in [5.41, 5.74) is 2.71. The Morgan fingerprint density at radius 3 is 2.33 bits per heavy atom. The number of anilines is 3. The lowest BCUT2D eigenvalue weighted by atomic mass is 10.1. The highest BCUT2D eigenvalue weighted by atomic mass is 32.2. The first kappa shape index (κ1) is 22.5. The van der Waals surface area contributed by atoms with Crippen molar-refractivity contribution in [3.8, 4) is 6.07 Å². The van der Waals surface area contributed by atoms with E-state index >= 15 is 0 Å². The number of nitrogens with zero attached hydrogens (tertiary/aromatic N) is 2. The highest BCUT2D eigenvalue weighted by molar-refractivity contribution is 7.99. The van der Waals surface area contributed by atoms with E-state index in [4.69, 9.17) is 0 Å². The number of rotatable bonds is 7. The van der Waals surface area contributed by atoms with E-state index < -0.39 is 5.91 Å². The number of nitrogens with one attached hydrogen (secondary N) is 2. The van der Waals surface area contributed by atoms with Gasteiger partial charge >= 0.3 is 0 Å². The molecule has 1 aliphatic heterocycles. The molecule has 1 aliphatic rings. The van der Waals surface area contributed by atoms with Crippen molar-refractivity contribution in [3.05, 3.63) is 90.6 Å². The second kappa shape index (κ2) is 11.3. The molecule has 0 aliphatic carbocycles. The number of benzene rings is 3. The number of hydrogen-bond donors (Lipinski definition) is 2. The molecule has 6 heteroatoms. The topological polar surface area (TPSA) is 68.2 Å². The monoisotopic (exact) mass is 454 g/mol. The maximum Gasteiger partial charge on any atom is 0.267 e. The van der Waals surface area contributed by atoms with Gasteiger partial charge in [-0.1, -0.05) is 42.1 Å². The molecule has 0 bridgehead atoms. The van der Waals surface area contributed by atoms with E-state index in [0.29, 0.717) is 5.69 Å². The minimum absolute atomic E-state index is 0.00891. The van der Waals surface area contributed by atoms with Gasteiger partial charge in [0.15, 0.2) is 0 Å². The lowest BCUT2D eigenvalue weighted by molar-refractivity contribution is -0.112. The number of carbonyl (C=O) groups excluding carboxylic acids is 1. The molecule has 0 unspecified atom stereocenters. The van der Waals surface area contributed by atoms with Crippen molar-refractivity contribution in [1.29, 1.82) is 5.26 Å². The van der Waals surface area contributed by atoms with Crippen LogP contribution in [0.15, 0.2) is 100 Å². The molecular weight excluding hydrogens is 428 g/mol. The predicted octanol–water partition coefficient (Wildman–Crippen LogP) is 6.29. The van der Waals surface area contributed by atoms with Gasteiger partial charge in [0.25, 0.3) is 5.91 Å². The quantitative estimate of drug-likeness (QED) is 0.324. The number of nitriles is 1. The summed E-state index contributed by atoms with van der Waals surface area (Å²) in [6.07, 6.45) is 5.22. The molecule has 166 valence electrons. The highest BCUT2D eigenvalue weighted by Gasteiger charge is 2.13. The molecule has 1 fully saturated rings. The van der Waals surface area contributed by atoms with Crippen LogP contribution >= 0.6 is 11.8 Å². The van der Waals surface area contributed by atoms with Crippen LogP contribution in [0.2, 0.25) is 0 Å². The van der Waals surface area contributed by atoms with Gasteiger partial charge < -0.3 is 15.5 Å². The van der Waals surface area contributed by atoms with E-state index in [0.717, 1.165) is 28.6 Å². The maximum absolute atomic E-state index is 12.8. The summed E-state index contributed by atoms with van der Waals surface area (Å²) in [7, 11) is 0. The summed E-state index contributed by atoms with van der Waals surface area (Å²) in [6.45, 7) is 2.19. The minimum Gasteiger partial charge on any atom is -0.372 e. The molecule has 0 radical (unpaired) electrons. The highest BCUT2D eigenvalue weighted by Crippen LogP contribution is 2.33. The van der Waals surface area contributed by atoms with Crippen LogP contribution in [0, 0.1) is 11.3 Å². The van der Waals surface area contributed by atoms with E-state index in [1.807, 2.05) is 72.8 Å². The van der Waals surface area contributed by atoms with Gasteiger partial charge in [0.05, 0.1) is 5.69 Å². The largest absolute Gasteiger partial charge is 0.372 e. The molecule has 0 aromatic heterocycles. The van der Waals surface area contributed by atoms with Crippen molar-refractivity contribution in [2.24, 2.45) is 0 Å². The maximum atomic E-state index is 12.8. The Morgan fingerprint density at radius 2 is 1.61 bits per heavy atom. The van der Waals surface area contributed by atoms with Crippen LogP contribution in [-0.4, -0.2) is 19.0 Å². The lowest BCUT2D eigenvalue weighted by Crippen LogP contribution is -2.29. The SMILES string of the molecule is N#C/C(=C/Nc1ccc(N2CCCCC2)cc1)C(=O)Nc1ccccc1Sc1ccccc1. The molecule has 1 saturated heterocycles. The molecule has 33 heavy (non-hydrogen) atoms. The van der Waals surface area contributed by atoms with Crippen LogP contribution in [-0.2, 0) is 4.79 Å². The van der Waals surface area contributed by atoms with Crippen molar-refractivity contribution in [2.45, 2.75) is 29.1 Å². The second-order valence-electron chi connectivity index (χ2n) is 7.77. The summed E-state index contributed by atoms with van der Waals surface area (Å²) < 4.78 is 0. The zero-order valence-electron chi connectivity index (χ0n) is 18.3. The Bertz CT molecular complexity index is 1150. The van der Waals surface area contributed by atoms with Crippen molar-refractivity contribution >= 4 is 34.7 Å². The zero-order chi connectivity index (χ0) is 22.9. The van der Waals surface area contributed by atoms with E-state index in [-0.39, 0.29) is 5.57 Å². The fourth-order valence-electron chi connectivity index (χ4n) is 3.69. The molecule has 0 spiro atoms. The molecule has 2 N–H and O–H groups in total. The number of piperidine rings is 1. The van der Waals surface area contributed by atoms with Crippen molar-refractivity contribution in [1.82, 2.24) is 0 Å². The number of hydrogen-bond acceptors (Lipinski definition) is 5. The first-order valence-electron chi connectivity index (χ1n) is 11.1. The number of amides is 1.